The molecule has 0 aromatic carbocycles. The number of rotatable bonds is 20. The Labute approximate surface area is 284 Å². The molecule has 1 nitrogen and oxygen atoms in total. The Hall–Kier alpha value is -3.68. The zero-order chi connectivity index (χ0) is 34.7. The van der Waals surface area contributed by atoms with E-state index in [2.05, 4.69) is 178 Å². The van der Waals surface area contributed by atoms with Crippen LogP contribution in [0.15, 0.2) is 166 Å². The first-order valence-electron chi connectivity index (χ1n) is 16.8. The molecule has 0 heterocycles. The molecule has 0 amide bonds. The highest BCUT2D eigenvalue weighted by molar-refractivity contribution is 5.32. The molecule has 0 radical (unpaired) electrons. The molecular formula is C45H64O. The van der Waals surface area contributed by atoms with Crippen molar-refractivity contribution in [2.45, 2.75) is 101 Å². The highest BCUT2D eigenvalue weighted by Crippen LogP contribution is 2.23. The predicted octanol–water partition coefficient (Wildman–Crippen LogP) is 13.5. The fourth-order valence-corrected chi connectivity index (χ4v) is 4.20. The lowest BCUT2D eigenvalue weighted by molar-refractivity contribution is 0.330. The average Bonchev–Trinajstić information content (AvgIpc) is 2.98. The number of aliphatic hydroxyl groups is 1. The third-order valence-electron chi connectivity index (χ3n) is 7.42. The van der Waals surface area contributed by atoms with E-state index in [-0.39, 0.29) is 6.61 Å². The van der Waals surface area contributed by atoms with Crippen molar-refractivity contribution in [1.29, 1.82) is 0 Å². The molecule has 1 heteroatoms. The Bertz CT molecular complexity index is 1320. The van der Waals surface area contributed by atoms with E-state index in [0.717, 1.165) is 37.7 Å². The summed E-state index contributed by atoms with van der Waals surface area (Å²) in [6, 6.07) is 0. The molecule has 0 rings (SSSR count). The van der Waals surface area contributed by atoms with Gasteiger partial charge in [-0.25, -0.2) is 0 Å². The van der Waals surface area contributed by atoms with Crippen LogP contribution in [0.3, 0.4) is 0 Å². The maximum Gasteiger partial charge on any atom is 0.0639 e. The first-order valence-corrected chi connectivity index (χ1v) is 16.8. The number of hydrogen-bond donors (Lipinski definition) is 1. The maximum atomic E-state index is 9.24. The van der Waals surface area contributed by atoms with Crippen molar-refractivity contribution in [1.82, 2.24) is 0 Å². The maximum absolute atomic E-state index is 9.24. The van der Waals surface area contributed by atoms with Crippen molar-refractivity contribution in [3.05, 3.63) is 166 Å². The smallest absolute Gasteiger partial charge is 0.0639 e. The zero-order valence-electron chi connectivity index (χ0n) is 30.9. The van der Waals surface area contributed by atoms with E-state index in [0.29, 0.717) is 5.92 Å². The molecule has 0 aliphatic heterocycles. The average molecular weight is 621 g/mol. The van der Waals surface area contributed by atoms with Gasteiger partial charge in [-0.2, -0.15) is 0 Å². The number of hydrogen-bond acceptors (Lipinski definition) is 1. The van der Waals surface area contributed by atoms with E-state index in [4.69, 9.17) is 0 Å². The summed E-state index contributed by atoms with van der Waals surface area (Å²) in [6.45, 7) is 25.5. The Kier molecular flexibility index (Phi) is 24.4. The highest BCUT2D eigenvalue weighted by Gasteiger charge is 2.08. The van der Waals surface area contributed by atoms with Crippen molar-refractivity contribution in [3.8, 4) is 0 Å². The molecule has 1 N–H and O–H groups in total. The van der Waals surface area contributed by atoms with Gasteiger partial charge in [0.25, 0.3) is 0 Å². The normalized spacial score (nSPS) is 15.8. The second-order valence-corrected chi connectivity index (χ2v) is 12.8. The van der Waals surface area contributed by atoms with E-state index in [1.54, 1.807) is 0 Å². The SMILES string of the molecule is C=C(C)C(CC=C(C)CO)CCC(C)=CC=CC(C)=CC=CC(C)=CC=CC=C(C)C=CC=C(C)C=CC=C(C)CCC=C(C)C. The minimum absolute atomic E-state index is 0.130. The van der Waals surface area contributed by atoms with Gasteiger partial charge in [0.15, 0.2) is 0 Å². The van der Waals surface area contributed by atoms with E-state index in [1.165, 1.54) is 44.6 Å². The number of allylic oxidation sites excluding steroid dienone is 26. The lowest BCUT2D eigenvalue weighted by atomic mass is 9.90. The van der Waals surface area contributed by atoms with Crippen LogP contribution in [0.4, 0.5) is 0 Å². The lowest BCUT2D eigenvalue weighted by Gasteiger charge is -2.15. The van der Waals surface area contributed by atoms with E-state index >= 15 is 0 Å². The van der Waals surface area contributed by atoms with Crippen molar-refractivity contribution < 1.29 is 5.11 Å². The molecular weight excluding hydrogens is 556 g/mol. The van der Waals surface area contributed by atoms with Gasteiger partial charge in [-0.15, -0.1) is 0 Å². The van der Waals surface area contributed by atoms with Crippen LogP contribution in [0.2, 0.25) is 0 Å². The first-order chi connectivity index (χ1) is 21.8. The van der Waals surface area contributed by atoms with Crippen LogP contribution in [0.1, 0.15) is 101 Å². The summed E-state index contributed by atoms with van der Waals surface area (Å²) in [6.07, 6.45) is 43.9. The summed E-state index contributed by atoms with van der Waals surface area (Å²) in [5.74, 6) is 0.452. The second-order valence-electron chi connectivity index (χ2n) is 12.8. The minimum Gasteiger partial charge on any atom is -0.392 e. The Morgan fingerprint density at radius 2 is 0.935 bits per heavy atom. The third-order valence-corrected chi connectivity index (χ3v) is 7.42. The molecule has 0 saturated heterocycles. The van der Waals surface area contributed by atoms with Gasteiger partial charge in [-0.05, 0) is 107 Å². The van der Waals surface area contributed by atoms with Crippen LogP contribution in [0, 0.1) is 5.92 Å². The summed E-state index contributed by atoms with van der Waals surface area (Å²) in [5, 5.41) is 9.24. The molecule has 1 atom stereocenters. The molecule has 0 aliphatic carbocycles. The predicted molar refractivity (Wildman–Crippen MR) is 210 cm³/mol. The second kappa shape index (κ2) is 26.5. The van der Waals surface area contributed by atoms with Crippen molar-refractivity contribution in [2.24, 2.45) is 5.92 Å². The monoisotopic (exact) mass is 620 g/mol. The molecule has 0 spiro atoms. The third kappa shape index (κ3) is 25.6. The largest absolute Gasteiger partial charge is 0.392 e. The van der Waals surface area contributed by atoms with Crippen molar-refractivity contribution in [2.75, 3.05) is 6.61 Å². The van der Waals surface area contributed by atoms with Crippen LogP contribution >= 0.6 is 0 Å². The summed E-state index contributed by atoms with van der Waals surface area (Å²) in [4.78, 5) is 0. The molecule has 1 unspecified atom stereocenters. The molecule has 0 bridgehead atoms. The lowest BCUT2D eigenvalue weighted by Crippen LogP contribution is -2.01. The van der Waals surface area contributed by atoms with E-state index in [9.17, 15) is 5.11 Å². The summed E-state index contributed by atoms with van der Waals surface area (Å²) in [5.41, 5.74) is 11.2. The summed E-state index contributed by atoms with van der Waals surface area (Å²) < 4.78 is 0. The first kappa shape index (κ1) is 42.3. The van der Waals surface area contributed by atoms with Crippen LogP contribution in [-0.4, -0.2) is 11.7 Å². The quantitative estimate of drug-likeness (QED) is 0.106. The molecule has 0 aliphatic rings. The van der Waals surface area contributed by atoms with Gasteiger partial charge in [-0.3, -0.25) is 0 Å². The van der Waals surface area contributed by atoms with Gasteiger partial charge in [0.2, 0.25) is 0 Å². The van der Waals surface area contributed by atoms with E-state index in [1.807, 2.05) is 6.92 Å². The molecule has 0 aromatic rings. The minimum atomic E-state index is 0.130. The summed E-state index contributed by atoms with van der Waals surface area (Å²) >= 11 is 0. The van der Waals surface area contributed by atoms with Crippen molar-refractivity contribution >= 4 is 0 Å². The topological polar surface area (TPSA) is 20.2 Å². The van der Waals surface area contributed by atoms with Gasteiger partial charge in [0.1, 0.15) is 0 Å². The number of aliphatic hydroxyl groups excluding tert-OH is 1. The van der Waals surface area contributed by atoms with E-state index < -0.39 is 0 Å². The van der Waals surface area contributed by atoms with Gasteiger partial charge in [0.05, 0.1) is 6.61 Å². The molecule has 250 valence electrons. The standard InChI is InChI=1S/C45H64O/c1-36(2)19-14-22-40(7)25-17-28-41(8)26-15-23-38(5)20-12-13-21-39(6)24-16-27-42(9)29-18-30-43(10)31-33-45(37(3)4)34-32-44(11)35-46/h12-13,15-21,23-30,32,45-46H,3,14,22,31,33-35H2,1-2,4-11H3. The van der Waals surface area contributed by atoms with Crippen LogP contribution in [-0.2, 0) is 0 Å². The summed E-state index contributed by atoms with van der Waals surface area (Å²) in [7, 11) is 0. The van der Waals surface area contributed by atoms with Gasteiger partial charge < -0.3 is 5.11 Å². The van der Waals surface area contributed by atoms with Crippen molar-refractivity contribution in [3.63, 3.8) is 0 Å². The fourth-order valence-electron chi connectivity index (χ4n) is 4.20. The van der Waals surface area contributed by atoms with Gasteiger partial charge in [0, 0.05) is 0 Å². The Morgan fingerprint density at radius 1 is 0.522 bits per heavy atom. The molecule has 46 heavy (non-hydrogen) atoms. The van der Waals surface area contributed by atoms with Gasteiger partial charge in [-0.1, -0.05) is 166 Å². The Morgan fingerprint density at radius 3 is 1.35 bits per heavy atom. The van der Waals surface area contributed by atoms with Crippen LogP contribution < -0.4 is 0 Å². The highest BCUT2D eigenvalue weighted by atomic mass is 16.3. The Balaban J connectivity index is 4.80. The fraction of sp³-hybridized carbons (Fsp3) is 0.378. The van der Waals surface area contributed by atoms with Crippen LogP contribution in [0.5, 0.6) is 0 Å². The molecule has 0 aromatic heterocycles. The van der Waals surface area contributed by atoms with Gasteiger partial charge >= 0.3 is 0 Å². The zero-order valence-corrected chi connectivity index (χ0v) is 30.9. The molecule has 0 saturated carbocycles. The molecule has 0 fully saturated rings. The van der Waals surface area contributed by atoms with Crippen LogP contribution in [0.25, 0.3) is 0 Å².